The molecule has 0 unspecified atom stereocenters. The van der Waals surface area contributed by atoms with Crippen LogP contribution in [0.15, 0.2) is 24.3 Å². The number of anilines is 1. The fourth-order valence-corrected chi connectivity index (χ4v) is 2.72. The van der Waals surface area contributed by atoms with Gasteiger partial charge in [-0.2, -0.15) is 0 Å². The number of carbonyl (C=O) groups is 1. The van der Waals surface area contributed by atoms with Gasteiger partial charge in [-0.1, -0.05) is 19.1 Å². The number of carbonyl (C=O) groups excluding carboxylic acids is 1. The summed E-state index contributed by atoms with van der Waals surface area (Å²) in [6.45, 7) is 6.46. The molecule has 4 heteroatoms. The van der Waals surface area contributed by atoms with Crippen LogP contribution in [0.4, 0.5) is 5.69 Å². The lowest BCUT2D eigenvalue weighted by molar-refractivity contribution is -0.120. The van der Waals surface area contributed by atoms with Gasteiger partial charge in [0.05, 0.1) is 6.42 Å². The Morgan fingerprint density at radius 1 is 1.40 bits per heavy atom. The van der Waals surface area contributed by atoms with Crippen LogP contribution in [-0.4, -0.2) is 37.0 Å². The molecule has 1 aromatic rings. The SMILES string of the molecule is CCN1CCC(CNC(=O)Cc2cccc(N)c2)CC1. The smallest absolute Gasteiger partial charge is 0.224 e. The Kier molecular flexibility index (Phi) is 5.41. The molecule has 0 saturated carbocycles. The van der Waals surface area contributed by atoms with Crippen LogP contribution in [0.3, 0.4) is 0 Å². The van der Waals surface area contributed by atoms with Crippen molar-refractivity contribution in [3.63, 3.8) is 0 Å². The molecule has 0 aromatic heterocycles. The standard InChI is InChI=1S/C16H25N3O/c1-2-19-8-6-13(7-9-19)12-18-16(20)11-14-4-3-5-15(17)10-14/h3-5,10,13H,2,6-9,11-12,17H2,1H3,(H,18,20). The highest BCUT2D eigenvalue weighted by atomic mass is 16.1. The predicted molar refractivity (Wildman–Crippen MR) is 82.4 cm³/mol. The largest absolute Gasteiger partial charge is 0.399 e. The molecular weight excluding hydrogens is 250 g/mol. The van der Waals surface area contributed by atoms with Gasteiger partial charge in [-0.25, -0.2) is 0 Å². The molecule has 0 spiro atoms. The number of nitrogens with zero attached hydrogens (tertiary/aromatic N) is 1. The molecule has 1 amide bonds. The monoisotopic (exact) mass is 275 g/mol. The zero-order valence-electron chi connectivity index (χ0n) is 12.3. The third-order valence-electron chi connectivity index (χ3n) is 4.06. The molecule has 1 fully saturated rings. The van der Waals surface area contributed by atoms with Gasteiger partial charge in [0.15, 0.2) is 0 Å². The molecular formula is C16H25N3O. The molecule has 1 heterocycles. The molecule has 4 nitrogen and oxygen atoms in total. The van der Waals surface area contributed by atoms with Gasteiger partial charge in [-0.05, 0) is 56.1 Å². The second-order valence-electron chi connectivity index (χ2n) is 5.60. The number of rotatable bonds is 5. The first-order valence-corrected chi connectivity index (χ1v) is 7.51. The van der Waals surface area contributed by atoms with E-state index in [0.29, 0.717) is 18.0 Å². The topological polar surface area (TPSA) is 58.4 Å². The summed E-state index contributed by atoms with van der Waals surface area (Å²) in [5.74, 6) is 0.719. The van der Waals surface area contributed by atoms with Crippen molar-refractivity contribution < 1.29 is 4.79 Å². The van der Waals surface area contributed by atoms with Crippen molar-refractivity contribution >= 4 is 11.6 Å². The van der Waals surface area contributed by atoms with E-state index in [0.717, 1.165) is 31.7 Å². The quantitative estimate of drug-likeness (QED) is 0.804. The van der Waals surface area contributed by atoms with E-state index in [2.05, 4.69) is 17.1 Å². The molecule has 3 N–H and O–H groups in total. The van der Waals surface area contributed by atoms with Crippen molar-refractivity contribution in [3.8, 4) is 0 Å². The normalized spacial score (nSPS) is 17.1. The van der Waals surface area contributed by atoms with E-state index in [4.69, 9.17) is 5.73 Å². The van der Waals surface area contributed by atoms with Gasteiger partial charge in [0.1, 0.15) is 0 Å². The van der Waals surface area contributed by atoms with E-state index < -0.39 is 0 Å². The number of nitrogens with two attached hydrogens (primary N) is 1. The zero-order chi connectivity index (χ0) is 14.4. The lowest BCUT2D eigenvalue weighted by Gasteiger charge is -2.31. The maximum Gasteiger partial charge on any atom is 0.224 e. The number of nitrogens with one attached hydrogen (secondary N) is 1. The van der Waals surface area contributed by atoms with Gasteiger partial charge < -0.3 is 16.0 Å². The van der Waals surface area contributed by atoms with Crippen LogP contribution in [-0.2, 0) is 11.2 Å². The Hall–Kier alpha value is -1.55. The zero-order valence-corrected chi connectivity index (χ0v) is 12.3. The van der Waals surface area contributed by atoms with E-state index in [1.807, 2.05) is 24.3 Å². The maximum absolute atomic E-state index is 11.9. The predicted octanol–water partition coefficient (Wildman–Crippen LogP) is 1.66. The Bertz CT molecular complexity index is 439. The average Bonchev–Trinajstić information content (AvgIpc) is 2.46. The maximum atomic E-state index is 11.9. The second-order valence-corrected chi connectivity index (χ2v) is 5.60. The minimum atomic E-state index is 0.0912. The molecule has 0 atom stereocenters. The number of piperidine rings is 1. The van der Waals surface area contributed by atoms with Gasteiger partial charge in [-0.3, -0.25) is 4.79 Å². The van der Waals surface area contributed by atoms with Crippen LogP contribution in [0.25, 0.3) is 0 Å². The Morgan fingerprint density at radius 3 is 2.80 bits per heavy atom. The molecule has 0 bridgehead atoms. The first-order valence-electron chi connectivity index (χ1n) is 7.51. The first kappa shape index (κ1) is 14.9. The number of benzene rings is 1. The van der Waals surface area contributed by atoms with E-state index in [1.165, 1.54) is 12.8 Å². The number of hydrogen-bond acceptors (Lipinski definition) is 3. The van der Waals surface area contributed by atoms with Gasteiger partial charge in [-0.15, -0.1) is 0 Å². The Balaban J connectivity index is 1.70. The minimum absolute atomic E-state index is 0.0912. The summed E-state index contributed by atoms with van der Waals surface area (Å²) in [5, 5.41) is 3.05. The summed E-state index contributed by atoms with van der Waals surface area (Å²) >= 11 is 0. The third-order valence-corrected chi connectivity index (χ3v) is 4.06. The van der Waals surface area contributed by atoms with Crippen LogP contribution >= 0.6 is 0 Å². The van der Waals surface area contributed by atoms with E-state index >= 15 is 0 Å². The lowest BCUT2D eigenvalue weighted by Crippen LogP contribution is -2.38. The summed E-state index contributed by atoms with van der Waals surface area (Å²) in [4.78, 5) is 14.4. The molecule has 2 rings (SSSR count). The van der Waals surface area contributed by atoms with Crippen molar-refractivity contribution in [1.82, 2.24) is 10.2 Å². The molecule has 20 heavy (non-hydrogen) atoms. The summed E-state index contributed by atoms with van der Waals surface area (Å²) in [7, 11) is 0. The summed E-state index contributed by atoms with van der Waals surface area (Å²) < 4.78 is 0. The van der Waals surface area contributed by atoms with Crippen LogP contribution in [0.2, 0.25) is 0 Å². The number of amides is 1. The Morgan fingerprint density at radius 2 is 2.15 bits per heavy atom. The summed E-state index contributed by atoms with van der Waals surface area (Å²) in [6.07, 6.45) is 2.79. The van der Waals surface area contributed by atoms with Crippen molar-refractivity contribution in [2.24, 2.45) is 5.92 Å². The third kappa shape index (κ3) is 4.53. The minimum Gasteiger partial charge on any atom is -0.399 e. The van der Waals surface area contributed by atoms with E-state index in [9.17, 15) is 4.79 Å². The fourth-order valence-electron chi connectivity index (χ4n) is 2.72. The van der Waals surface area contributed by atoms with E-state index in [-0.39, 0.29) is 5.91 Å². The fraction of sp³-hybridized carbons (Fsp3) is 0.562. The lowest BCUT2D eigenvalue weighted by atomic mass is 9.97. The van der Waals surface area contributed by atoms with Crippen molar-refractivity contribution in [2.45, 2.75) is 26.2 Å². The molecule has 0 radical (unpaired) electrons. The van der Waals surface area contributed by atoms with E-state index in [1.54, 1.807) is 0 Å². The molecule has 1 aliphatic heterocycles. The van der Waals surface area contributed by atoms with Crippen LogP contribution in [0.1, 0.15) is 25.3 Å². The van der Waals surface area contributed by atoms with Crippen molar-refractivity contribution in [3.05, 3.63) is 29.8 Å². The molecule has 1 aliphatic rings. The van der Waals surface area contributed by atoms with Gasteiger partial charge in [0.25, 0.3) is 0 Å². The highest BCUT2D eigenvalue weighted by Crippen LogP contribution is 2.16. The van der Waals surface area contributed by atoms with Crippen molar-refractivity contribution in [2.75, 3.05) is 31.9 Å². The number of likely N-dealkylation sites (tertiary alicyclic amines) is 1. The number of hydrogen-bond donors (Lipinski definition) is 2. The van der Waals surface area contributed by atoms with Crippen LogP contribution in [0.5, 0.6) is 0 Å². The van der Waals surface area contributed by atoms with Gasteiger partial charge in [0, 0.05) is 12.2 Å². The summed E-state index contributed by atoms with van der Waals surface area (Å²) in [6, 6.07) is 7.52. The number of nitrogen functional groups attached to an aromatic ring is 1. The van der Waals surface area contributed by atoms with Crippen molar-refractivity contribution in [1.29, 1.82) is 0 Å². The van der Waals surface area contributed by atoms with Crippen LogP contribution in [0, 0.1) is 5.92 Å². The molecule has 1 aromatic carbocycles. The molecule has 0 aliphatic carbocycles. The average molecular weight is 275 g/mol. The molecule has 110 valence electrons. The second kappa shape index (κ2) is 7.29. The summed E-state index contributed by atoms with van der Waals surface area (Å²) in [5.41, 5.74) is 7.40. The Labute approximate surface area is 121 Å². The highest BCUT2D eigenvalue weighted by Gasteiger charge is 2.18. The first-order chi connectivity index (χ1) is 9.67. The van der Waals surface area contributed by atoms with Gasteiger partial charge in [0.2, 0.25) is 5.91 Å². The van der Waals surface area contributed by atoms with Gasteiger partial charge >= 0.3 is 0 Å². The molecule has 1 saturated heterocycles. The highest BCUT2D eigenvalue weighted by molar-refractivity contribution is 5.78. The van der Waals surface area contributed by atoms with Crippen LogP contribution < -0.4 is 11.1 Å².